The molecule has 1 aromatic carbocycles. The second-order valence-corrected chi connectivity index (χ2v) is 8.52. The molecule has 1 aliphatic rings. The average Bonchev–Trinajstić information content (AvgIpc) is 3.26. The second kappa shape index (κ2) is 8.41. The molecule has 1 saturated heterocycles. The number of aliphatic hydroxyl groups excluding tert-OH is 1. The number of aromatic nitrogens is 1. The van der Waals surface area contributed by atoms with Crippen molar-refractivity contribution in [3.63, 3.8) is 0 Å². The van der Waals surface area contributed by atoms with E-state index in [4.69, 9.17) is 0 Å². The number of likely N-dealkylation sites (tertiary alicyclic amines) is 1. The molecule has 0 spiro atoms. The van der Waals surface area contributed by atoms with Crippen molar-refractivity contribution in [1.82, 2.24) is 15.2 Å². The van der Waals surface area contributed by atoms with Gasteiger partial charge in [-0.1, -0.05) is 38.1 Å². The Hall–Kier alpha value is -2.25. The maximum Gasteiger partial charge on any atom is 0.243 e. The third-order valence-corrected chi connectivity index (χ3v) is 6.11. The second-order valence-electron chi connectivity index (χ2n) is 7.67. The Bertz CT molecular complexity index is 847. The molecule has 2 aromatic rings. The molecule has 1 aromatic heterocycles. The highest BCUT2D eigenvalue weighted by Crippen LogP contribution is 2.28. The zero-order valence-corrected chi connectivity index (χ0v) is 17.5. The summed E-state index contributed by atoms with van der Waals surface area (Å²) in [6.45, 7) is 7.73. The number of aryl methyl sites for hydroxylation is 1. The minimum Gasteiger partial charge on any atom is -0.391 e. The van der Waals surface area contributed by atoms with Crippen molar-refractivity contribution in [3.05, 3.63) is 41.0 Å². The van der Waals surface area contributed by atoms with Gasteiger partial charge in [0, 0.05) is 18.9 Å². The van der Waals surface area contributed by atoms with E-state index >= 15 is 0 Å². The summed E-state index contributed by atoms with van der Waals surface area (Å²) in [7, 11) is 0. The van der Waals surface area contributed by atoms with Crippen molar-refractivity contribution in [3.8, 4) is 10.4 Å². The topological polar surface area (TPSA) is 82.5 Å². The highest BCUT2D eigenvalue weighted by atomic mass is 32.1. The highest BCUT2D eigenvalue weighted by Gasteiger charge is 2.39. The SMILES string of the molecule is Cc1ncsc1-c1ccc([C@H](C)NC(=O)[C@@H]2C[C@@H](O)CN2C(=O)C(C)C)cc1. The van der Waals surface area contributed by atoms with Gasteiger partial charge in [0.2, 0.25) is 11.8 Å². The smallest absolute Gasteiger partial charge is 0.243 e. The van der Waals surface area contributed by atoms with Crippen molar-refractivity contribution in [2.75, 3.05) is 6.54 Å². The van der Waals surface area contributed by atoms with E-state index in [0.29, 0.717) is 0 Å². The van der Waals surface area contributed by atoms with Crippen LogP contribution in [0, 0.1) is 12.8 Å². The van der Waals surface area contributed by atoms with Gasteiger partial charge in [-0.2, -0.15) is 0 Å². The van der Waals surface area contributed by atoms with Gasteiger partial charge in [-0.3, -0.25) is 9.59 Å². The lowest BCUT2D eigenvalue weighted by Gasteiger charge is -2.26. The van der Waals surface area contributed by atoms with E-state index in [-0.39, 0.29) is 36.7 Å². The standard InChI is InChI=1S/C21H27N3O3S/c1-12(2)21(27)24-10-17(25)9-18(24)20(26)23-13(3)15-5-7-16(8-6-15)19-14(4)22-11-28-19/h5-8,11-13,17-18,25H,9-10H2,1-4H3,(H,23,26)/t13-,17+,18-/m0/s1. The number of carbonyl (C=O) groups excluding carboxylic acids is 2. The molecule has 3 rings (SSSR count). The largest absolute Gasteiger partial charge is 0.391 e. The van der Waals surface area contributed by atoms with Gasteiger partial charge in [-0.25, -0.2) is 4.98 Å². The van der Waals surface area contributed by atoms with E-state index in [1.807, 2.05) is 43.6 Å². The van der Waals surface area contributed by atoms with Gasteiger partial charge in [0.15, 0.2) is 0 Å². The molecule has 0 bridgehead atoms. The Balaban J connectivity index is 1.68. The van der Waals surface area contributed by atoms with Crippen LogP contribution in [-0.4, -0.2) is 45.5 Å². The number of hydrogen-bond donors (Lipinski definition) is 2. The van der Waals surface area contributed by atoms with Gasteiger partial charge < -0.3 is 15.3 Å². The molecule has 1 fully saturated rings. The number of nitrogens with zero attached hydrogens (tertiary/aromatic N) is 2. The molecule has 28 heavy (non-hydrogen) atoms. The Kier molecular flexibility index (Phi) is 6.15. The molecule has 2 amide bonds. The van der Waals surface area contributed by atoms with Gasteiger partial charge in [0.1, 0.15) is 6.04 Å². The maximum absolute atomic E-state index is 12.8. The van der Waals surface area contributed by atoms with Gasteiger partial charge in [0.25, 0.3) is 0 Å². The van der Waals surface area contributed by atoms with Gasteiger partial charge in [0.05, 0.1) is 28.2 Å². The van der Waals surface area contributed by atoms with E-state index in [1.54, 1.807) is 25.2 Å². The number of β-amino-alcohol motifs (C(OH)–C–C–N with tert-alkyl or cyclic N) is 1. The lowest BCUT2D eigenvalue weighted by molar-refractivity contribution is -0.141. The summed E-state index contributed by atoms with van der Waals surface area (Å²) in [6, 6.07) is 7.25. The number of benzene rings is 1. The zero-order chi connectivity index (χ0) is 20.4. The van der Waals surface area contributed by atoms with Crippen LogP contribution >= 0.6 is 11.3 Å². The first-order valence-electron chi connectivity index (χ1n) is 9.57. The summed E-state index contributed by atoms with van der Waals surface area (Å²) in [5.41, 5.74) is 4.94. The molecule has 6 nitrogen and oxygen atoms in total. The van der Waals surface area contributed by atoms with Crippen molar-refractivity contribution in [1.29, 1.82) is 0 Å². The van der Waals surface area contributed by atoms with Gasteiger partial charge >= 0.3 is 0 Å². The van der Waals surface area contributed by atoms with Crippen molar-refractivity contribution >= 4 is 23.2 Å². The first kappa shape index (κ1) is 20.5. The monoisotopic (exact) mass is 401 g/mol. The Morgan fingerprint density at radius 1 is 1.25 bits per heavy atom. The Morgan fingerprint density at radius 3 is 2.50 bits per heavy atom. The molecule has 0 aliphatic carbocycles. The molecule has 1 aliphatic heterocycles. The molecule has 3 atom stereocenters. The number of thiazole rings is 1. The number of nitrogens with one attached hydrogen (secondary N) is 1. The molecular formula is C21H27N3O3S. The van der Waals surface area contributed by atoms with E-state index < -0.39 is 12.1 Å². The molecule has 0 saturated carbocycles. The molecule has 150 valence electrons. The number of hydrogen-bond acceptors (Lipinski definition) is 5. The Labute approximate surface area is 169 Å². The van der Waals surface area contributed by atoms with E-state index in [1.165, 1.54) is 4.90 Å². The first-order valence-corrected chi connectivity index (χ1v) is 10.4. The fourth-order valence-electron chi connectivity index (χ4n) is 3.53. The zero-order valence-electron chi connectivity index (χ0n) is 16.7. The maximum atomic E-state index is 12.8. The summed E-state index contributed by atoms with van der Waals surface area (Å²) < 4.78 is 0. The molecule has 2 heterocycles. The quantitative estimate of drug-likeness (QED) is 0.807. The predicted octanol–water partition coefficient (Wildman–Crippen LogP) is 2.91. The first-order chi connectivity index (χ1) is 13.3. The summed E-state index contributed by atoms with van der Waals surface area (Å²) in [5, 5.41) is 13.0. The number of aliphatic hydroxyl groups is 1. The van der Waals surface area contributed by atoms with E-state index in [2.05, 4.69) is 10.3 Å². The molecule has 2 N–H and O–H groups in total. The fraction of sp³-hybridized carbons (Fsp3) is 0.476. The Morgan fingerprint density at radius 2 is 1.93 bits per heavy atom. The fourth-order valence-corrected chi connectivity index (χ4v) is 4.34. The van der Waals surface area contributed by atoms with Gasteiger partial charge in [-0.15, -0.1) is 11.3 Å². The molecule has 7 heteroatoms. The van der Waals surface area contributed by atoms with Crippen LogP contribution < -0.4 is 5.32 Å². The third kappa shape index (κ3) is 4.25. The minimum absolute atomic E-state index is 0.103. The predicted molar refractivity (Wildman–Crippen MR) is 110 cm³/mol. The van der Waals surface area contributed by atoms with Crippen LogP contribution in [0.2, 0.25) is 0 Å². The minimum atomic E-state index is -0.657. The number of carbonyl (C=O) groups is 2. The molecular weight excluding hydrogens is 374 g/mol. The summed E-state index contributed by atoms with van der Waals surface area (Å²) in [5.74, 6) is -0.533. The summed E-state index contributed by atoms with van der Waals surface area (Å²) in [6.07, 6.45) is -0.378. The van der Waals surface area contributed by atoms with Crippen molar-refractivity contribution < 1.29 is 14.7 Å². The van der Waals surface area contributed by atoms with Crippen molar-refractivity contribution in [2.45, 2.75) is 52.3 Å². The lowest BCUT2D eigenvalue weighted by Crippen LogP contribution is -2.47. The van der Waals surface area contributed by atoms with E-state index in [0.717, 1.165) is 21.7 Å². The summed E-state index contributed by atoms with van der Waals surface area (Å²) in [4.78, 5) is 32.1. The van der Waals surface area contributed by atoms with Crippen LogP contribution in [0.15, 0.2) is 29.8 Å². The van der Waals surface area contributed by atoms with Crippen LogP contribution in [0.1, 0.15) is 44.5 Å². The van der Waals surface area contributed by atoms with Crippen LogP contribution in [-0.2, 0) is 9.59 Å². The molecule has 0 radical (unpaired) electrons. The molecule has 0 unspecified atom stereocenters. The van der Waals surface area contributed by atoms with Crippen LogP contribution in [0.3, 0.4) is 0 Å². The van der Waals surface area contributed by atoms with Crippen LogP contribution in [0.5, 0.6) is 0 Å². The number of amides is 2. The van der Waals surface area contributed by atoms with Gasteiger partial charge in [-0.05, 0) is 25.0 Å². The summed E-state index contributed by atoms with van der Waals surface area (Å²) >= 11 is 1.61. The average molecular weight is 402 g/mol. The van der Waals surface area contributed by atoms with Crippen LogP contribution in [0.4, 0.5) is 0 Å². The van der Waals surface area contributed by atoms with E-state index in [9.17, 15) is 14.7 Å². The number of rotatable bonds is 5. The van der Waals surface area contributed by atoms with Crippen molar-refractivity contribution in [2.24, 2.45) is 5.92 Å². The highest BCUT2D eigenvalue weighted by molar-refractivity contribution is 7.13. The third-order valence-electron chi connectivity index (χ3n) is 5.14. The normalized spacial score (nSPS) is 20.4. The van der Waals surface area contributed by atoms with Crippen LogP contribution in [0.25, 0.3) is 10.4 Å². The lowest BCUT2D eigenvalue weighted by atomic mass is 10.0.